The fraction of sp³-hybridized carbons (Fsp3) is 0.950. The zero-order chi connectivity index (χ0) is 27.6. The van der Waals surface area contributed by atoms with Gasteiger partial charge in [-0.15, -0.1) is 0 Å². The Bertz CT molecular complexity index is 745. The maximum Gasteiger partial charge on any atom is 0.217 e. The molecule has 216 valence electrons. The first-order valence-corrected chi connectivity index (χ1v) is 11.6. The Labute approximate surface area is 210 Å². The molecule has 1 amide bonds. The van der Waals surface area contributed by atoms with E-state index in [9.17, 15) is 55.9 Å². The summed E-state index contributed by atoms with van der Waals surface area (Å²) in [6, 6.07) is -1.40. The number of carbonyl (C=O) groups is 1. The number of nitrogens with one attached hydrogen (secondary N) is 1. The summed E-state index contributed by atoms with van der Waals surface area (Å²) < 4.78 is 26.9. The number of hydrogen-bond acceptors (Lipinski definition) is 16. The van der Waals surface area contributed by atoms with Crippen molar-refractivity contribution >= 4 is 5.91 Å². The van der Waals surface area contributed by atoms with Crippen LogP contribution in [0.1, 0.15) is 6.92 Å². The minimum absolute atomic E-state index is 0.627. The smallest absolute Gasteiger partial charge is 0.217 e. The highest BCUT2D eigenvalue weighted by atomic mass is 16.7. The summed E-state index contributed by atoms with van der Waals surface area (Å²) in [6.07, 6.45) is -23.4. The molecule has 3 fully saturated rings. The molecule has 17 nitrogen and oxygen atoms in total. The predicted octanol–water partition coefficient (Wildman–Crippen LogP) is -7.43. The van der Waals surface area contributed by atoms with Crippen molar-refractivity contribution in [2.75, 3.05) is 19.8 Å². The maximum absolute atomic E-state index is 11.5. The largest absolute Gasteiger partial charge is 0.394 e. The van der Waals surface area contributed by atoms with Gasteiger partial charge in [0.05, 0.1) is 19.8 Å². The van der Waals surface area contributed by atoms with Crippen molar-refractivity contribution < 1.29 is 79.5 Å². The van der Waals surface area contributed by atoms with Crippen molar-refractivity contribution in [1.29, 1.82) is 0 Å². The van der Waals surface area contributed by atoms with Crippen molar-refractivity contribution in [3.8, 4) is 0 Å². The van der Waals surface area contributed by atoms with Gasteiger partial charge in [-0.05, 0) is 0 Å². The molecular formula is C20H35NO16. The number of amides is 1. The van der Waals surface area contributed by atoms with E-state index >= 15 is 0 Å². The van der Waals surface area contributed by atoms with E-state index < -0.39 is 118 Å². The van der Waals surface area contributed by atoms with Crippen molar-refractivity contribution in [2.45, 2.75) is 99.0 Å². The molecule has 0 radical (unpaired) electrons. The van der Waals surface area contributed by atoms with E-state index in [2.05, 4.69) is 5.32 Å². The van der Waals surface area contributed by atoms with Crippen LogP contribution < -0.4 is 5.32 Å². The molecule has 0 aromatic rings. The van der Waals surface area contributed by atoms with Gasteiger partial charge in [0.2, 0.25) is 5.91 Å². The molecule has 37 heavy (non-hydrogen) atoms. The number of aliphatic hydroxyl groups excluding tert-OH is 10. The fourth-order valence-electron chi connectivity index (χ4n) is 4.46. The van der Waals surface area contributed by atoms with Gasteiger partial charge in [-0.25, -0.2) is 0 Å². The van der Waals surface area contributed by atoms with E-state index in [1.165, 1.54) is 0 Å². The Morgan fingerprint density at radius 3 is 1.70 bits per heavy atom. The topological polar surface area (TPSA) is 278 Å². The second kappa shape index (κ2) is 12.8. The summed E-state index contributed by atoms with van der Waals surface area (Å²) in [5.74, 6) is -0.627. The first-order chi connectivity index (χ1) is 17.4. The lowest BCUT2D eigenvalue weighted by Gasteiger charge is -2.48. The lowest BCUT2D eigenvalue weighted by molar-refractivity contribution is -0.375. The molecule has 0 aliphatic carbocycles. The van der Waals surface area contributed by atoms with Crippen molar-refractivity contribution in [1.82, 2.24) is 5.32 Å². The Balaban J connectivity index is 1.80. The molecule has 0 saturated carbocycles. The fourth-order valence-corrected chi connectivity index (χ4v) is 4.46. The molecule has 3 rings (SSSR count). The van der Waals surface area contributed by atoms with Gasteiger partial charge in [-0.1, -0.05) is 0 Å². The molecule has 11 N–H and O–H groups in total. The molecule has 0 spiro atoms. The van der Waals surface area contributed by atoms with Crippen LogP contribution in [0.3, 0.4) is 0 Å². The van der Waals surface area contributed by atoms with E-state index in [0.717, 1.165) is 6.92 Å². The summed E-state index contributed by atoms with van der Waals surface area (Å²) in [6.45, 7) is -1.23. The monoisotopic (exact) mass is 545 g/mol. The van der Waals surface area contributed by atoms with Crippen LogP contribution in [0.5, 0.6) is 0 Å². The van der Waals surface area contributed by atoms with E-state index in [1.54, 1.807) is 0 Å². The number of rotatable bonds is 8. The summed E-state index contributed by atoms with van der Waals surface area (Å²) >= 11 is 0. The Morgan fingerprint density at radius 1 is 0.649 bits per heavy atom. The maximum atomic E-state index is 11.5. The Kier molecular flexibility index (Phi) is 10.5. The number of aliphatic hydroxyl groups is 10. The SMILES string of the molecule is CC(=O)N[C@@H]1[C@@H](O)[C@H](O[C@@H]2O[C@H](CO)[C@H](O)[C@H](O[C@H]3O[C@H](CO)[C@H](O)[C@H](O)[C@H]3O)[C@H]2O)[C@@H](CO)O[C@@H]1O. The molecule has 3 aliphatic rings. The van der Waals surface area contributed by atoms with Crippen LogP contribution in [0, 0.1) is 0 Å². The average Bonchev–Trinajstić information content (AvgIpc) is 2.86. The molecule has 17 heteroatoms. The van der Waals surface area contributed by atoms with Gasteiger partial charge in [0.25, 0.3) is 0 Å². The predicted molar refractivity (Wildman–Crippen MR) is 113 cm³/mol. The summed E-state index contributed by atoms with van der Waals surface area (Å²) in [5.41, 5.74) is 0. The van der Waals surface area contributed by atoms with Crippen LogP contribution >= 0.6 is 0 Å². The van der Waals surface area contributed by atoms with Crippen LogP contribution in [0.15, 0.2) is 0 Å². The minimum Gasteiger partial charge on any atom is -0.394 e. The van der Waals surface area contributed by atoms with Gasteiger partial charge in [0.1, 0.15) is 73.2 Å². The third-order valence-corrected chi connectivity index (χ3v) is 6.50. The molecule has 0 aromatic heterocycles. The first-order valence-electron chi connectivity index (χ1n) is 11.6. The molecule has 3 heterocycles. The van der Waals surface area contributed by atoms with E-state index in [4.69, 9.17) is 23.7 Å². The summed E-state index contributed by atoms with van der Waals surface area (Å²) in [5, 5.41) is 103. The van der Waals surface area contributed by atoms with Gasteiger partial charge in [0, 0.05) is 6.92 Å². The normalized spacial score (nSPS) is 49.0. The van der Waals surface area contributed by atoms with E-state index in [1.807, 2.05) is 0 Å². The highest BCUT2D eigenvalue weighted by Crippen LogP contribution is 2.32. The second-order valence-electron chi connectivity index (χ2n) is 9.07. The van der Waals surface area contributed by atoms with Crippen LogP contribution in [0.2, 0.25) is 0 Å². The zero-order valence-electron chi connectivity index (χ0n) is 19.7. The van der Waals surface area contributed by atoms with Crippen molar-refractivity contribution in [2.24, 2.45) is 0 Å². The van der Waals surface area contributed by atoms with Gasteiger partial charge in [-0.3, -0.25) is 4.79 Å². The first kappa shape index (κ1) is 30.4. The highest BCUT2D eigenvalue weighted by Gasteiger charge is 2.53. The van der Waals surface area contributed by atoms with E-state index in [-0.39, 0.29) is 0 Å². The summed E-state index contributed by atoms with van der Waals surface area (Å²) in [7, 11) is 0. The highest BCUT2D eigenvalue weighted by molar-refractivity contribution is 5.73. The van der Waals surface area contributed by atoms with Gasteiger partial charge in [-0.2, -0.15) is 0 Å². The molecule has 0 unspecified atom stereocenters. The zero-order valence-corrected chi connectivity index (χ0v) is 19.7. The van der Waals surface area contributed by atoms with Gasteiger partial charge >= 0.3 is 0 Å². The molecular weight excluding hydrogens is 510 g/mol. The van der Waals surface area contributed by atoms with Crippen LogP contribution in [0.25, 0.3) is 0 Å². The van der Waals surface area contributed by atoms with Gasteiger partial charge in [0.15, 0.2) is 18.9 Å². The lowest BCUT2D eigenvalue weighted by Crippen LogP contribution is -2.68. The lowest BCUT2D eigenvalue weighted by atomic mass is 9.95. The molecule has 15 atom stereocenters. The third kappa shape index (κ3) is 6.38. The number of carbonyl (C=O) groups excluding carboxylic acids is 1. The minimum atomic E-state index is -1.91. The molecule has 3 aliphatic heterocycles. The van der Waals surface area contributed by atoms with Crippen molar-refractivity contribution in [3.05, 3.63) is 0 Å². The molecule has 3 saturated heterocycles. The Morgan fingerprint density at radius 2 is 1.16 bits per heavy atom. The quantitative estimate of drug-likeness (QED) is 0.135. The average molecular weight is 545 g/mol. The van der Waals surface area contributed by atoms with Gasteiger partial charge < -0.3 is 80.1 Å². The molecule has 0 bridgehead atoms. The second-order valence-corrected chi connectivity index (χ2v) is 9.07. The number of ether oxygens (including phenoxy) is 5. The van der Waals surface area contributed by atoms with E-state index in [0.29, 0.717) is 0 Å². The van der Waals surface area contributed by atoms with Crippen LogP contribution in [0.4, 0.5) is 0 Å². The van der Waals surface area contributed by atoms with Crippen LogP contribution in [-0.4, -0.2) is 169 Å². The Hall–Kier alpha value is -1.13. The third-order valence-electron chi connectivity index (χ3n) is 6.50. The van der Waals surface area contributed by atoms with Crippen LogP contribution in [-0.2, 0) is 28.5 Å². The standard InChI is InChI=1S/C20H35NO16/c1-5(25)21-9-12(28)16(8(4-24)33-18(9)32)36-20-15(31)17(11(27)7(3-23)35-20)37-19-14(30)13(29)10(26)6(2-22)34-19/h6-20,22-24,26-32H,2-4H2,1H3,(H,21,25)/t6-,7-,8-,9-,10+,11+,12-,13+,14-,15-,16-,17+,18+,19-,20+/m1/s1. The number of hydrogen-bond donors (Lipinski definition) is 11. The molecule has 0 aromatic carbocycles. The summed E-state index contributed by atoms with van der Waals surface area (Å²) in [4.78, 5) is 11.5. The van der Waals surface area contributed by atoms with Crippen molar-refractivity contribution in [3.63, 3.8) is 0 Å².